The zero-order chi connectivity index (χ0) is 11.4. The van der Waals surface area contributed by atoms with Crippen molar-refractivity contribution < 1.29 is 8.78 Å². The lowest BCUT2D eigenvalue weighted by Gasteiger charge is -2.08. The lowest BCUT2D eigenvalue weighted by molar-refractivity contribution is 0.149. The van der Waals surface area contributed by atoms with Gasteiger partial charge in [-0.1, -0.05) is 0 Å². The minimum Gasteiger partial charge on any atom is -0.384 e. The van der Waals surface area contributed by atoms with E-state index in [-0.39, 0.29) is 17.8 Å². The first kappa shape index (κ1) is 10.9. The molecule has 2 N–H and O–H groups in total. The van der Waals surface area contributed by atoms with E-state index in [1.165, 1.54) is 12.1 Å². The third kappa shape index (κ3) is 2.18. The van der Waals surface area contributed by atoms with Gasteiger partial charge in [0, 0.05) is 0 Å². The topological polar surface area (TPSA) is 86.5 Å². The van der Waals surface area contributed by atoms with E-state index < -0.39 is 17.7 Å². The number of nitrogens with zero attached hydrogens (tertiary/aromatic N) is 3. The summed E-state index contributed by atoms with van der Waals surface area (Å²) in [5.74, 6) is -0.0406. The molecule has 0 aliphatic rings. The van der Waals surface area contributed by atoms with Crippen molar-refractivity contribution >= 4 is 5.82 Å². The second-order valence-electron chi connectivity index (χ2n) is 2.72. The molecule has 0 saturated carbocycles. The molecule has 0 spiro atoms. The van der Waals surface area contributed by atoms with Crippen LogP contribution >= 0.6 is 0 Å². The van der Waals surface area contributed by atoms with Crippen molar-refractivity contribution in [1.82, 2.24) is 4.98 Å². The van der Waals surface area contributed by atoms with Gasteiger partial charge in [-0.05, 0) is 11.6 Å². The Bertz CT molecular complexity index is 456. The molecule has 0 aliphatic heterocycles. The third-order valence-electron chi connectivity index (χ3n) is 1.76. The number of hydrogen-bond donors (Lipinski definition) is 1. The zero-order valence-corrected chi connectivity index (χ0v) is 7.54. The Balaban J connectivity index is 3.43. The van der Waals surface area contributed by atoms with Crippen LogP contribution in [-0.2, 0) is 6.42 Å². The predicted octanol–water partition coefficient (Wildman–Crippen LogP) is 1.54. The third-order valence-corrected chi connectivity index (χ3v) is 1.76. The van der Waals surface area contributed by atoms with E-state index in [2.05, 4.69) is 4.98 Å². The molecule has 0 aromatic carbocycles. The van der Waals surface area contributed by atoms with Crippen LogP contribution in [0.2, 0.25) is 0 Å². The second-order valence-corrected chi connectivity index (χ2v) is 2.72. The van der Waals surface area contributed by atoms with Gasteiger partial charge in [0.25, 0.3) is 6.43 Å². The van der Waals surface area contributed by atoms with Gasteiger partial charge in [-0.2, -0.15) is 10.5 Å². The maximum Gasteiger partial charge on any atom is 0.266 e. The summed E-state index contributed by atoms with van der Waals surface area (Å²) < 4.78 is 25.2. The Labute approximate surface area is 84.6 Å². The summed E-state index contributed by atoms with van der Waals surface area (Å²) in [5.41, 5.74) is 4.44. The standard InChI is InChI=1S/C9H6F2N4/c10-9(11)8-5(1-2-12)3-7(14)15-6(8)4-13/h3,9H,1H2,(H2,14,15). The van der Waals surface area contributed by atoms with Gasteiger partial charge in [-0.15, -0.1) is 0 Å². The smallest absolute Gasteiger partial charge is 0.266 e. The first-order valence-electron chi connectivity index (χ1n) is 3.94. The van der Waals surface area contributed by atoms with Crippen LogP contribution in [0.15, 0.2) is 6.07 Å². The van der Waals surface area contributed by atoms with Crippen molar-refractivity contribution in [1.29, 1.82) is 10.5 Å². The number of aromatic nitrogens is 1. The van der Waals surface area contributed by atoms with Gasteiger partial charge in [0.05, 0.1) is 18.1 Å². The molecule has 1 heterocycles. The normalized spacial score (nSPS) is 9.67. The van der Waals surface area contributed by atoms with Gasteiger partial charge in [0.1, 0.15) is 11.9 Å². The van der Waals surface area contributed by atoms with Crippen LogP contribution in [0.3, 0.4) is 0 Å². The van der Waals surface area contributed by atoms with Crippen LogP contribution in [-0.4, -0.2) is 4.98 Å². The molecule has 1 rings (SSSR count). The lowest BCUT2D eigenvalue weighted by atomic mass is 10.0. The summed E-state index contributed by atoms with van der Waals surface area (Å²) in [7, 11) is 0. The molecule has 1 aromatic rings. The van der Waals surface area contributed by atoms with Crippen molar-refractivity contribution in [3.63, 3.8) is 0 Å². The predicted molar refractivity (Wildman–Crippen MR) is 47.6 cm³/mol. The Morgan fingerprint density at radius 1 is 1.47 bits per heavy atom. The van der Waals surface area contributed by atoms with Gasteiger partial charge in [-0.25, -0.2) is 13.8 Å². The summed E-state index contributed by atoms with van der Waals surface area (Å²) in [6.07, 6.45) is -3.06. The average molecular weight is 208 g/mol. The molecule has 6 heteroatoms. The summed E-state index contributed by atoms with van der Waals surface area (Å²) in [6.45, 7) is 0. The van der Waals surface area contributed by atoms with E-state index in [1.54, 1.807) is 6.07 Å². The summed E-state index contributed by atoms with van der Waals surface area (Å²) in [4.78, 5) is 3.48. The molecular weight excluding hydrogens is 202 g/mol. The highest BCUT2D eigenvalue weighted by Gasteiger charge is 2.19. The van der Waals surface area contributed by atoms with Crippen LogP contribution in [0, 0.1) is 22.7 Å². The number of nitrogen functional groups attached to an aromatic ring is 1. The molecule has 0 unspecified atom stereocenters. The van der Waals surface area contributed by atoms with Crippen molar-refractivity contribution in [2.24, 2.45) is 0 Å². The fraction of sp³-hybridized carbons (Fsp3) is 0.222. The maximum atomic E-state index is 12.6. The minimum absolute atomic E-state index is 0.0406. The first-order valence-corrected chi connectivity index (χ1v) is 3.94. The number of pyridine rings is 1. The van der Waals surface area contributed by atoms with Gasteiger partial charge >= 0.3 is 0 Å². The van der Waals surface area contributed by atoms with E-state index in [0.29, 0.717) is 0 Å². The molecule has 0 fully saturated rings. The second kappa shape index (κ2) is 4.34. The molecular formula is C9H6F2N4. The summed E-state index contributed by atoms with van der Waals surface area (Å²) in [5, 5.41) is 17.0. The Kier molecular flexibility index (Phi) is 3.14. The molecule has 1 aromatic heterocycles. The zero-order valence-electron chi connectivity index (χ0n) is 7.54. The molecule has 0 radical (unpaired) electrons. The monoisotopic (exact) mass is 208 g/mol. The number of anilines is 1. The largest absolute Gasteiger partial charge is 0.384 e. The highest BCUT2D eigenvalue weighted by Crippen LogP contribution is 2.27. The van der Waals surface area contributed by atoms with E-state index >= 15 is 0 Å². The van der Waals surface area contributed by atoms with Gasteiger partial charge in [-0.3, -0.25) is 0 Å². The summed E-state index contributed by atoms with van der Waals surface area (Å²) in [6, 6.07) is 4.45. The number of nitriles is 2. The molecule has 76 valence electrons. The van der Waals surface area contributed by atoms with Crippen molar-refractivity contribution in [3.8, 4) is 12.1 Å². The number of hydrogen-bond acceptors (Lipinski definition) is 4. The first-order chi connectivity index (χ1) is 7.10. The van der Waals surface area contributed by atoms with E-state index in [0.717, 1.165) is 0 Å². The SMILES string of the molecule is N#CCc1cc(N)nc(C#N)c1C(F)F. The molecule has 0 bridgehead atoms. The highest BCUT2D eigenvalue weighted by molar-refractivity contribution is 5.47. The van der Waals surface area contributed by atoms with Crippen molar-refractivity contribution in [2.45, 2.75) is 12.8 Å². The Hall–Kier alpha value is -2.21. The summed E-state index contributed by atoms with van der Waals surface area (Å²) >= 11 is 0. The van der Waals surface area contributed by atoms with Crippen LogP contribution in [0.5, 0.6) is 0 Å². The molecule has 15 heavy (non-hydrogen) atoms. The fourth-order valence-electron chi connectivity index (χ4n) is 1.19. The molecule has 4 nitrogen and oxygen atoms in total. The maximum absolute atomic E-state index is 12.6. The van der Waals surface area contributed by atoms with E-state index in [9.17, 15) is 8.78 Å². The van der Waals surface area contributed by atoms with E-state index in [4.69, 9.17) is 16.3 Å². The van der Waals surface area contributed by atoms with Gasteiger partial charge < -0.3 is 5.73 Å². The van der Waals surface area contributed by atoms with Crippen LogP contribution in [0.1, 0.15) is 23.2 Å². The van der Waals surface area contributed by atoms with Crippen molar-refractivity contribution in [2.75, 3.05) is 5.73 Å². The van der Waals surface area contributed by atoms with Crippen LogP contribution in [0.25, 0.3) is 0 Å². The number of rotatable bonds is 2. The minimum atomic E-state index is -2.84. The lowest BCUT2D eigenvalue weighted by Crippen LogP contribution is -2.04. The Morgan fingerprint density at radius 3 is 2.60 bits per heavy atom. The molecule has 0 amide bonds. The Morgan fingerprint density at radius 2 is 2.13 bits per heavy atom. The number of alkyl halides is 2. The van der Waals surface area contributed by atoms with Crippen molar-refractivity contribution in [3.05, 3.63) is 22.9 Å². The quantitative estimate of drug-likeness (QED) is 0.798. The van der Waals surface area contributed by atoms with Crippen LogP contribution < -0.4 is 5.73 Å². The average Bonchev–Trinajstić information content (AvgIpc) is 2.16. The number of halogens is 2. The fourth-order valence-corrected chi connectivity index (χ4v) is 1.19. The van der Waals surface area contributed by atoms with E-state index in [1.807, 2.05) is 0 Å². The highest BCUT2D eigenvalue weighted by atomic mass is 19.3. The molecule has 0 saturated heterocycles. The number of nitrogens with two attached hydrogens (primary N) is 1. The van der Waals surface area contributed by atoms with Gasteiger partial charge in [0.2, 0.25) is 0 Å². The van der Waals surface area contributed by atoms with Gasteiger partial charge in [0.15, 0.2) is 5.69 Å². The van der Waals surface area contributed by atoms with Crippen LogP contribution in [0.4, 0.5) is 14.6 Å². The molecule has 0 atom stereocenters. The molecule has 0 aliphatic carbocycles.